The van der Waals surface area contributed by atoms with Crippen LogP contribution in [0.25, 0.3) is 0 Å². The van der Waals surface area contributed by atoms with Gasteiger partial charge in [-0.3, -0.25) is 9.59 Å². The molecule has 0 atom stereocenters. The maximum absolute atomic E-state index is 12.0. The Kier molecular flexibility index (Phi) is 6.28. The Hall–Kier alpha value is -1.75. The molecule has 0 heterocycles. The lowest BCUT2D eigenvalue weighted by Gasteiger charge is -2.09. The molecule has 120 valence electrons. The average Bonchev–Trinajstić information content (AvgIpc) is 2.54. The monoisotopic (exact) mass is 370 g/mol. The molecule has 0 aliphatic rings. The van der Waals surface area contributed by atoms with E-state index in [4.69, 9.17) is 34.8 Å². The van der Waals surface area contributed by atoms with E-state index in [1.54, 1.807) is 42.5 Å². The molecule has 2 N–H and O–H groups in total. The van der Waals surface area contributed by atoms with E-state index in [0.717, 1.165) is 0 Å². The molecule has 0 unspecified atom stereocenters. The number of rotatable bonds is 5. The third kappa shape index (κ3) is 4.86. The van der Waals surface area contributed by atoms with Gasteiger partial charge in [0.15, 0.2) is 0 Å². The van der Waals surface area contributed by atoms with Gasteiger partial charge in [0.2, 0.25) is 0 Å². The Balaban J connectivity index is 1.81. The van der Waals surface area contributed by atoms with E-state index in [2.05, 4.69) is 10.6 Å². The van der Waals surface area contributed by atoms with Crippen molar-refractivity contribution in [1.82, 2.24) is 10.6 Å². The SMILES string of the molecule is O=C(NCCNC(=O)c1cccc(Cl)c1Cl)c1ccc(Cl)cc1. The normalized spacial score (nSPS) is 10.2. The van der Waals surface area contributed by atoms with Gasteiger partial charge in [0.05, 0.1) is 15.6 Å². The van der Waals surface area contributed by atoms with E-state index in [1.807, 2.05) is 0 Å². The van der Waals surface area contributed by atoms with E-state index in [1.165, 1.54) is 0 Å². The lowest BCUT2D eigenvalue weighted by atomic mass is 10.2. The molecule has 2 aromatic rings. The number of halogens is 3. The van der Waals surface area contributed by atoms with Crippen molar-refractivity contribution in [2.24, 2.45) is 0 Å². The lowest BCUT2D eigenvalue weighted by Crippen LogP contribution is -2.34. The standard InChI is InChI=1S/C16H13Cl3N2O2/c17-11-6-4-10(5-7-11)15(22)20-8-9-21-16(23)12-2-1-3-13(18)14(12)19/h1-7H,8-9H2,(H,20,22)(H,21,23). The van der Waals surface area contributed by atoms with Gasteiger partial charge in [0.1, 0.15) is 0 Å². The second-order valence-corrected chi connectivity index (χ2v) is 5.84. The maximum atomic E-state index is 12.0. The van der Waals surface area contributed by atoms with E-state index >= 15 is 0 Å². The van der Waals surface area contributed by atoms with Gasteiger partial charge in [-0.2, -0.15) is 0 Å². The second kappa shape index (κ2) is 8.20. The van der Waals surface area contributed by atoms with Crippen LogP contribution in [0.3, 0.4) is 0 Å². The van der Waals surface area contributed by atoms with Gasteiger partial charge in [0, 0.05) is 23.7 Å². The van der Waals surface area contributed by atoms with Crippen LogP contribution in [0.15, 0.2) is 42.5 Å². The molecule has 2 rings (SSSR count). The van der Waals surface area contributed by atoms with Crippen LogP contribution in [0.5, 0.6) is 0 Å². The van der Waals surface area contributed by atoms with Crippen LogP contribution >= 0.6 is 34.8 Å². The quantitative estimate of drug-likeness (QED) is 0.785. The smallest absolute Gasteiger partial charge is 0.252 e. The fourth-order valence-electron chi connectivity index (χ4n) is 1.83. The summed E-state index contributed by atoms with van der Waals surface area (Å²) in [5, 5.41) is 6.44. The van der Waals surface area contributed by atoms with Crippen molar-refractivity contribution in [1.29, 1.82) is 0 Å². The van der Waals surface area contributed by atoms with Crippen molar-refractivity contribution >= 4 is 46.6 Å². The molecule has 0 spiro atoms. The summed E-state index contributed by atoms with van der Waals surface area (Å²) in [5.74, 6) is -0.588. The predicted molar refractivity (Wildman–Crippen MR) is 92.6 cm³/mol. The number of amides is 2. The number of carbonyl (C=O) groups is 2. The van der Waals surface area contributed by atoms with Crippen LogP contribution in [0, 0.1) is 0 Å². The first-order valence-corrected chi connectivity index (χ1v) is 7.88. The fraction of sp³-hybridized carbons (Fsp3) is 0.125. The highest BCUT2D eigenvalue weighted by molar-refractivity contribution is 6.43. The Bertz CT molecular complexity index is 718. The zero-order chi connectivity index (χ0) is 16.8. The summed E-state index contributed by atoms with van der Waals surface area (Å²) in [7, 11) is 0. The molecule has 2 aromatic carbocycles. The molecule has 0 saturated heterocycles. The van der Waals surface area contributed by atoms with Crippen molar-refractivity contribution in [3.05, 3.63) is 68.7 Å². The lowest BCUT2D eigenvalue weighted by molar-refractivity contribution is 0.0927. The van der Waals surface area contributed by atoms with Crippen LogP contribution in [-0.2, 0) is 0 Å². The Labute approximate surface area is 148 Å². The summed E-state index contributed by atoms with van der Waals surface area (Å²) in [6, 6.07) is 11.4. The maximum Gasteiger partial charge on any atom is 0.252 e. The van der Waals surface area contributed by atoms with Gasteiger partial charge < -0.3 is 10.6 Å². The Morgan fingerprint density at radius 1 is 0.826 bits per heavy atom. The number of hydrogen-bond acceptors (Lipinski definition) is 2. The zero-order valence-electron chi connectivity index (χ0n) is 11.9. The average molecular weight is 372 g/mol. The summed E-state index contributed by atoms with van der Waals surface area (Å²) in [5.41, 5.74) is 0.793. The molecule has 0 aliphatic heterocycles. The summed E-state index contributed by atoms with van der Waals surface area (Å²) >= 11 is 17.6. The van der Waals surface area contributed by atoms with E-state index in [-0.39, 0.29) is 29.9 Å². The van der Waals surface area contributed by atoms with Crippen LogP contribution < -0.4 is 10.6 Å². The minimum atomic E-state index is -0.349. The number of nitrogens with one attached hydrogen (secondary N) is 2. The number of benzene rings is 2. The molecule has 0 aromatic heterocycles. The minimum Gasteiger partial charge on any atom is -0.350 e. The topological polar surface area (TPSA) is 58.2 Å². The van der Waals surface area contributed by atoms with Gasteiger partial charge in [-0.05, 0) is 36.4 Å². The molecular formula is C16H13Cl3N2O2. The van der Waals surface area contributed by atoms with Crippen LogP contribution in [0.4, 0.5) is 0 Å². The van der Waals surface area contributed by atoms with Gasteiger partial charge >= 0.3 is 0 Å². The van der Waals surface area contributed by atoms with Gasteiger partial charge in [-0.15, -0.1) is 0 Å². The predicted octanol–water partition coefficient (Wildman–Crippen LogP) is 3.81. The summed E-state index contributed by atoms with van der Waals surface area (Å²) in [4.78, 5) is 23.9. The van der Waals surface area contributed by atoms with Crippen LogP contribution in [0.1, 0.15) is 20.7 Å². The molecule has 4 nitrogen and oxygen atoms in total. The molecule has 0 fully saturated rings. The van der Waals surface area contributed by atoms with Crippen molar-refractivity contribution in [2.75, 3.05) is 13.1 Å². The van der Waals surface area contributed by atoms with E-state index < -0.39 is 0 Å². The third-order valence-electron chi connectivity index (χ3n) is 3.00. The highest BCUT2D eigenvalue weighted by atomic mass is 35.5. The van der Waals surface area contributed by atoms with Gasteiger partial charge in [-0.1, -0.05) is 40.9 Å². The molecule has 7 heteroatoms. The van der Waals surface area contributed by atoms with Crippen molar-refractivity contribution < 1.29 is 9.59 Å². The summed E-state index contributed by atoms with van der Waals surface area (Å²) in [6.45, 7) is 0.548. The summed E-state index contributed by atoms with van der Waals surface area (Å²) in [6.07, 6.45) is 0. The first-order valence-electron chi connectivity index (χ1n) is 6.75. The van der Waals surface area contributed by atoms with E-state index in [9.17, 15) is 9.59 Å². The Morgan fingerprint density at radius 2 is 1.43 bits per heavy atom. The summed E-state index contributed by atoms with van der Waals surface area (Å²) < 4.78 is 0. The molecule has 2 amide bonds. The number of hydrogen-bond donors (Lipinski definition) is 2. The largest absolute Gasteiger partial charge is 0.350 e. The molecule has 23 heavy (non-hydrogen) atoms. The number of carbonyl (C=O) groups excluding carboxylic acids is 2. The highest BCUT2D eigenvalue weighted by Crippen LogP contribution is 2.25. The molecule has 0 bridgehead atoms. The van der Waals surface area contributed by atoms with Gasteiger partial charge in [-0.25, -0.2) is 0 Å². The third-order valence-corrected chi connectivity index (χ3v) is 4.07. The first kappa shape index (κ1) is 17.6. The van der Waals surface area contributed by atoms with Crippen molar-refractivity contribution in [3.63, 3.8) is 0 Å². The first-order chi connectivity index (χ1) is 11.0. The molecule has 0 radical (unpaired) electrons. The fourth-order valence-corrected chi connectivity index (χ4v) is 2.34. The van der Waals surface area contributed by atoms with Gasteiger partial charge in [0.25, 0.3) is 11.8 Å². The van der Waals surface area contributed by atoms with Crippen molar-refractivity contribution in [2.45, 2.75) is 0 Å². The highest BCUT2D eigenvalue weighted by Gasteiger charge is 2.12. The molecule has 0 saturated carbocycles. The molecule has 0 aliphatic carbocycles. The minimum absolute atomic E-state index is 0.205. The van der Waals surface area contributed by atoms with Crippen LogP contribution in [0.2, 0.25) is 15.1 Å². The molecular weight excluding hydrogens is 359 g/mol. The second-order valence-electron chi connectivity index (χ2n) is 4.62. The zero-order valence-corrected chi connectivity index (χ0v) is 14.2. The Morgan fingerprint density at radius 3 is 2.09 bits per heavy atom. The van der Waals surface area contributed by atoms with Crippen molar-refractivity contribution in [3.8, 4) is 0 Å². The van der Waals surface area contributed by atoms with Crippen LogP contribution in [-0.4, -0.2) is 24.9 Å². The van der Waals surface area contributed by atoms with E-state index in [0.29, 0.717) is 21.2 Å².